The van der Waals surface area contributed by atoms with Crippen LogP contribution in [0.1, 0.15) is 13.8 Å². The monoisotopic (exact) mass is 159 g/mol. The Labute approximate surface area is 67.5 Å². The maximum Gasteiger partial charge on any atom is 0.105 e. The first kappa shape index (κ1) is 10.4. The van der Waals surface area contributed by atoms with Crippen molar-refractivity contribution in [1.82, 2.24) is 4.90 Å². The molecule has 0 bridgehead atoms. The van der Waals surface area contributed by atoms with Crippen molar-refractivity contribution in [2.45, 2.75) is 19.9 Å². The summed E-state index contributed by atoms with van der Waals surface area (Å²) in [5.74, 6) is 0.146. The SMILES string of the molecule is CC(C)N(CCO)CC(=N)N. The fourth-order valence-corrected chi connectivity index (χ4v) is 0.867. The van der Waals surface area contributed by atoms with Gasteiger partial charge in [0.2, 0.25) is 0 Å². The first-order valence-corrected chi connectivity index (χ1v) is 3.75. The van der Waals surface area contributed by atoms with Crippen molar-refractivity contribution in [3.8, 4) is 0 Å². The molecule has 0 aliphatic heterocycles. The summed E-state index contributed by atoms with van der Waals surface area (Å²) in [6.07, 6.45) is 0. The Morgan fingerprint density at radius 3 is 2.45 bits per heavy atom. The van der Waals surface area contributed by atoms with Crippen LogP contribution in [0.5, 0.6) is 0 Å². The lowest BCUT2D eigenvalue weighted by Crippen LogP contribution is -2.39. The minimum atomic E-state index is 0.117. The van der Waals surface area contributed by atoms with E-state index in [0.717, 1.165) is 0 Å². The quantitative estimate of drug-likeness (QED) is 0.378. The molecule has 0 aromatic rings. The molecule has 0 spiro atoms. The maximum atomic E-state index is 8.65. The number of nitrogens with two attached hydrogens (primary N) is 1. The molecule has 4 heteroatoms. The molecular formula is C7H17N3O. The highest BCUT2D eigenvalue weighted by Crippen LogP contribution is 1.95. The normalized spacial score (nSPS) is 11.0. The number of amidine groups is 1. The molecule has 0 aliphatic rings. The zero-order chi connectivity index (χ0) is 8.85. The highest BCUT2D eigenvalue weighted by atomic mass is 16.3. The number of rotatable bonds is 5. The van der Waals surface area contributed by atoms with Crippen LogP contribution in [0.25, 0.3) is 0 Å². The van der Waals surface area contributed by atoms with E-state index in [9.17, 15) is 0 Å². The summed E-state index contributed by atoms with van der Waals surface area (Å²) in [4.78, 5) is 1.95. The van der Waals surface area contributed by atoms with Gasteiger partial charge in [0.05, 0.1) is 13.2 Å². The summed E-state index contributed by atoms with van der Waals surface area (Å²) >= 11 is 0. The standard InChI is InChI=1S/C7H17N3O/c1-6(2)10(3-4-11)5-7(8)9/h6,11H,3-5H2,1-2H3,(H3,8,9). The molecule has 11 heavy (non-hydrogen) atoms. The minimum Gasteiger partial charge on any atom is -0.395 e. The zero-order valence-electron chi connectivity index (χ0n) is 7.17. The predicted molar refractivity (Wildman–Crippen MR) is 45.7 cm³/mol. The highest BCUT2D eigenvalue weighted by molar-refractivity contribution is 5.78. The number of nitrogens with one attached hydrogen (secondary N) is 1. The average molecular weight is 159 g/mol. The topological polar surface area (TPSA) is 73.3 Å². The molecule has 0 aromatic heterocycles. The van der Waals surface area contributed by atoms with Gasteiger partial charge in [-0.05, 0) is 13.8 Å². The molecule has 0 atom stereocenters. The molecule has 0 fully saturated rings. The smallest absolute Gasteiger partial charge is 0.105 e. The van der Waals surface area contributed by atoms with Gasteiger partial charge in [-0.2, -0.15) is 0 Å². The van der Waals surface area contributed by atoms with Gasteiger partial charge >= 0.3 is 0 Å². The van der Waals surface area contributed by atoms with Crippen molar-refractivity contribution in [3.05, 3.63) is 0 Å². The Morgan fingerprint density at radius 1 is 1.64 bits per heavy atom. The largest absolute Gasteiger partial charge is 0.395 e. The van der Waals surface area contributed by atoms with E-state index in [1.165, 1.54) is 0 Å². The van der Waals surface area contributed by atoms with Crippen molar-refractivity contribution < 1.29 is 5.11 Å². The molecule has 0 heterocycles. The molecule has 0 amide bonds. The van der Waals surface area contributed by atoms with Crippen LogP contribution in [0.15, 0.2) is 0 Å². The Bertz CT molecular complexity index is 125. The van der Waals surface area contributed by atoms with Crippen LogP contribution in [0.3, 0.4) is 0 Å². The predicted octanol–water partition coefficient (Wildman–Crippen LogP) is -0.375. The summed E-state index contributed by atoms with van der Waals surface area (Å²) < 4.78 is 0. The third-order valence-electron chi connectivity index (χ3n) is 1.49. The van der Waals surface area contributed by atoms with E-state index in [1.54, 1.807) is 0 Å². The Morgan fingerprint density at radius 2 is 2.18 bits per heavy atom. The number of hydrogen-bond acceptors (Lipinski definition) is 3. The van der Waals surface area contributed by atoms with Gasteiger partial charge in [0, 0.05) is 12.6 Å². The van der Waals surface area contributed by atoms with Crippen molar-refractivity contribution in [3.63, 3.8) is 0 Å². The van der Waals surface area contributed by atoms with Crippen LogP contribution in [0.2, 0.25) is 0 Å². The lowest BCUT2D eigenvalue weighted by Gasteiger charge is -2.24. The first-order valence-electron chi connectivity index (χ1n) is 3.75. The van der Waals surface area contributed by atoms with Crippen LogP contribution in [0.4, 0.5) is 0 Å². The lowest BCUT2D eigenvalue weighted by molar-refractivity contribution is 0.184. The van der Waals surface area contributed by atoms with Crippen LogP contribution in [0, 0.1) is 5.41 Å². The molecule has 0 radical (unpaired) electrons. The molecule has 66 valence electrons. The second-order valence-electron chi connectivity index (χ2n) is 2.81. The third-order valence-corrected chi connectivity index (χ3v) is 1.49. The molecule has 0 saturated carbocycles. The van der Waals surface area contributed by atoms with Crippen LogP contribution < -0.4 is 5.73 Å². The maximum absolute atomic E-state index is 8.65. The van der Waals surface area contributed by atoms with Crippen molar-refractivity contribution in [2.75, 3.05) is 19.7 Å². The molecule has 0 unspecified atom stereocenters. The highest BCUT2D eigenvalue weighted by Gasteiger charge is 2.08. The Hall–Kier alpha value is -0.610. The Balaban J connectivity index is 3.79. The van der Waals surface area contributed by atoms with Gasteiger partial charge in [0.25, 0.3) is 0 Å². The number of hydrogen-bond donors (Lipinski definition) is 3. The van der Waals surface area contributed by atoms with E-state index < -0.39 is 0 Å². The summed E-state index contributed by atoms with van der Waals surface area (Å²) in [7, 11) is 0. The van der Waals surface area contributed by atoms with Crippen molar-refractivity contribution in [2.24, 2.45) is 5.73 Å². The number of nitrogens with zero attached hydrogens (tertiary/aromatic N) is 1. The van der Waals surface area contributed by atoms with Crippen LogP contribution >= 0.6 is 0 Å². The van der Waals surface area contributed by atoms with E-state index >= 15 is 0 Å². The minimum absolute atomic E-state index is 0.117. The molecule has 0 rings (SSSR count). The van der Waals surface area contributed by atoms with E-state index in [0.29, 0.717) is 19.1 Å². The summed E-state index contributed by atoms with van der Waals surface area (Å²) in [5.41, 5.74) is 5.22. The van der Waals surface area contributed by atoms with E-state index in [1.807, 2.05) is 18.7 Å². The second-order valence-corrected chi connectivity index (χ2v) is 2.81. The summed E-state index contributed by atoms with van der Waals surface area (Å²) in [5, 5.41) is 15.7. The fourth-order valence-electron chi connectivity index (χ4n) is 0.867. The van der Waals surface area contributed by atoms with E-state index in [4.69, 9.17) is 16.2 Å². The van der Waals surface area contributed by atoms with Crippen molar-refractivity contribution in [1.29, 1.82) is 5.41 Å². The summed E-state index contributed by atoms with van der Waals surface area (Å²) in [6, 6.07) is 0.325. The number of aliphatic hydroxyl groups is 1. The van der Waals surface area contributed by atoms with Gasteiger partial charge in [-0.1, -0.05) is 0 Å². The lowest BCUT2D eigenvalue weighted by atomic mass is 10.3. The van der Waals surface area contributed by atoms with E-state index in [-0.39, 0.29) is 12.4 Å². The molecule has 0 aliphatic carbocycles. The second kappa shape index (κ2) is 5.09. The van der Waals surface area contributed by atoms with Gasteiger partial charge in [-0.15, -0.1) is 0 Å². The van der Waals surface area contributed by atoms with Gasteiger partial charge in [0.15, 0.2) is 0 Å². The van der Waals surface area contributed by atoms with Gasteiger partial charge in [-0.3, -0.25) is 10.3 Å². The van der Waals surface area contributed by atoms with E-state index in [2.05, 4.69) is 0 Å². The molecule has 0 aromatic carbocycles. The first-order chi connectivity index (χ1) is 5.07. The molecular weight excluding hydrogens is 142 g/mol. The van der Waals surface area contributed by atoms with Crippen molar-refractivity contribution >= 4 is 5.84 Å². The van der Waals surface area contributed by atoms with Gasteiger partial charge in [-0.25, -0.2) is 0 Å². The Kier molecular flexibility index (Phi) is 4.81. The van der Waals surface area contributed by atoms with Gasteiger partial charge < -0.3 is 10.8 Å². The molecule has 0 saturated heterocycles. The third kappa shape index (κ3) is 4.75. The number of aliphatic hydroxyl groups excluding tert-OH is 1. The van der Waals surface area contributed by atoms with Gasteiger partial charge in [0.1, 0.15) is 5.84 Å². The molecule has 4 nitrogen and oxygen atoms in total. The fraction of sp³-hybridized carbons (Fsp3) is 0.857. The molecule has 4 N–H and O–H groups in total. The summed E-state index contributed by atoms with van der Waals surface area (Å²) in [6.45, 7) is 5.16. The van der Waals surface area contributed by atoms with Crippen LogP contribution in [-0.4, -0.2) is 41.6 Å². The average Bonchev–Trinajstić information content (AvgIpc) is 1.86. The van der Waals surface area contributed by atoms with Crippen LogP contribution in [-0.2, 0) is 0 Å². The zero-order valence-corrected chi connectivity index (χ0v) is 7.17.